The van der Waals surface area contributed by atoms with Crippen LogP contribution in [0.2, 0.25) is 10.0 Å². The molecule has 0 saturated carbocycles. The lowest BCUT2D eigenvalue weighted by Gasteiger charge is -2.11. The summed E-state index contributed by atoms with van der Waals surface area (Å²) in [5, 5.41) is 6.29. The summed E-state index contributed by atoms with van der Waals surface area (Å²) in [6.45, 7) is 2.94. The van der Waals surface area contributed by atoms with E-state index in [1.165, 1.54) is 0 Å². The largest absolute Gasteiger partial charge is 0.347 e. The monoisotopic (exact) mass is 337 g/mol. The lowest BCUT2D eigenvalue weighted by atomic mass is 10.1. The van der Waals surface area contributed by atoms with E-state index in [0.717, 1.165) is 11.1 Å². The second-order valence-electron chi connectivity index (χ2n) is 5.19. The lowest BCUT2D eigenvalue weighted by Crippen LogP contribution is -2.87. The van der Waals surface area contributed by atoms with Gasteiger partial charge in [0.1, 0.15) is 6.04 Å². The van der Waals surface area contributed by atoms with E-state index in [2.05, 4.69) is 12.2 Å². The van der Waals surface area contributed by atoms with Gasteiger partial charge in [0.25, 0.3) is 5.91 Å². The quantitative estimate of drug-likeness (QED) is 0.836. The minimum Gasteiger partial charge on any atom is -0.347 e. The van der Waals surface area contributed by atoms with Gasteiger partial charge in [-0.15, -0.1) is 0 Å². The molecule has 116 valence electrons. The van der Waals surface area contributed by atoms with Crippen molar-refractivity contribution in [3.05, 3.63) is 69.7 Å². The molecule has 0 aliphatic heterocycles. The normalized spacial score (nSPS) is 12.0. The molecule has 1 amide bonds. The van der Waals surface area contributed by atoms with Gasteiger partial charge in [-0.1, -0.05) is 47.5 Å². The number of carbonyl (C=O) groups excluding carboxylic acids is 1. The molecule has 0 aromatic heterocycles. The van der Waals surface area contributed by atoms with Gasteiger partial charge in [-0.2, -0.15) is 0 Å². The number of hydrogen-bond donors (Lipinski definition) is 2. The molecule has 1 atom stereocenters. The average Bonchev–Trinajstić information content (AvgIpc) is 2.52. The zero-order valence-corrected chi connectivity index (χ0v) is 13.9. The topological polar surface area (TPSA) is 45.7 Å². The average molecular weight is 338 g/mol. The molecule has 0 heterocycles. The van der Waals surface area contributed by atoms with Crippen molar-refractivity contribution in [2.75, 3.05) is 6.54 Å². The van der Waals surface area contributed by atoms with Gasteiger partial charge in [0.05, 0.1) is 0 Å². The third-order valence-electron chi connectivity index (χ3n) is 3.43. The van der Waals surface area contributed by atoms with Gasteiger partial charge in [0, 0.05) is 22.2 Å². The fourth-order valence-corrected chi connectivity index (χ4v) is 2.41. The summed E-state index contributed by atoms with van der Waals surface area (Å²) in [5.74, 6) is 0.00354. The Labute approximate surface area is 140 Å². The van der Waals surface area contributed by atoms with Gasteiger partial charge in [0.15, 0.2) is 6.54 Å². The minimum absolute atomic E-state index is 0.00354. The maximum Gasteiger partial charge on any atom is 0.275 e. The van der Waals surface area contributed by atoms with Gasteiger partial charge >= 0.3 is 0 Å². The lowest BCUT2D eigenvalue weighted by molar-refractivity contribution is -0.682. The summed E-state index contributed by atoms with van der Waals surface area (Å²) in [6.07, 6.45) is 0. The summed E-state index contributed by atoms with van der Waals surface area (Å²) in [7, 11) is 0. The van der Waals surface area contributed by atoms with Crippen LogP contribution < -0.4 is 10.6 Å². The van der Waals surface area contributed by atoms with Crippen LogP contribution in [-0.2, 0) is 11.3 Å². The molecular weight excluding hydrogens is 319 g/mol. The zero-order valence-electron chi connectivity index (χ0n) is 12.4. The molecule has 0 aliphatic rings. The minimum atomic E-state index is 0.00354. The highest BCUT2D eigenvalue weighted by molar-refractivity contribution is 6.30. The second-order valence-corrected chi connectivity index (χ2v) is 6.06. The Morgan fingerprint density at radius 2 is 1.86 bits per heavy atom. The van der Waals surface area contributed by atoms with E-state index in [-0.39, 0.29) is 11.9 Å². The van der Waals surface area contributed by atoms with E-state index >= 15 is 0 Å². The van der Waals surface area contributed by atoms with Gasteiger partial charge in [0.2, 0.25) is 0 Å². The number of nitrogens with one attached hydrogen (secondary N) is 1. The Morgan fingerprint density at radius 1 is 1.14 bits per heavy atom. The van der Waals surface area contributed by atoms with Crippen LogP contribution in [0.4, 0.5) is 0 Å². The first kappa shape index (κ1) is 16.8. The predicted octanol–water partition coefficient (Wildman–Crippen LogP) is 2.93. The highest BCUT2D eigenvalue weighted by Gasteiger charge is 2.11. The van der Waals surface area contributed by atoms with E-state index in [1.807, 2.05) is 53.8 Å². The molecule has 22 heavy (non-hydrogen) atoms. The SMILES string of the molecule is C[C@@H]([NH2+]CC(=O)NCc1ccc(Cl)cc1)c1cccc(Cl)c1. The summed E-state index contributed by atoms with van der Waals surface area (Å²) in [6, 6.07) is 15.3. The van der Waals surface area contributed by atoms with Crippen LogP contribution in [0.5, 0.6) is 0 Å². The third kappa shape index (κ3) is 5.34. The fraction of sp³-hybridized carbons (Fsp3) is 0.235. The van der Waals surface area contributed by atoms with Crippen molar-refractivity contribution in [3.8, 4) is 0 Å². The van der Waals surface area contributed by atoms with E-state index in [1.54, 1.807) is 0 Å². The molecule has 5 heteroatoms. The van der Waals surface area contributed by atoms with Crippen molar-refractivity contribution >= 4 is 29.1 Å². The number of carbonyl (C=O) groups is 1. The molecule has 3 N–H and O–H groups in total. The molecule has 0 radical (unpaired) electrons. The number of amides is 1. The van der Waals surface area contributed by atoms with Crippen molar-refractivity contribution in [3.63, 3.8) is 0 Å². The van der Waals surface area contributed by atoms with Crippen molar-refractivity contribution in [1.29, 1.82) is 0 Å². The molecule has 0 saturated heterocycles. The van der Waals surface area contributed by atoms with Crippen molar-refractivity contribution < 1.29 is 10.1 Å². The highest BCUT2D eigenvalue weighted by atomic mass is 35.5. The van der Waals surface area contributed by atoms with Gasteiger partial charge < -0.3 is 10.6 Å². The molecule has 3 nitrogen and oxygen atoms in total. The number of hydrogen-bond acceptors (Lipinski definition) is 1. The smallest absolute Gasteiger partial charge is 0.275 e. The number of quaternary nitrogens is 1. The van der Waals surface area contributed by atoms with Crippen molar-refractivity contribution in [1.82, 2.24) is 5.32 Å². The molecule has 0 aliphatic carbocycles. The first-order chi connectivity index (χ1) is 10.5. The number of rotatable bonds is 6. The van der Waals surface area contributed by atoms with Crippen LogP contribution in [0.25, 0.3) is 0 Å². The molecule has 2 aromatic carbocycles. The Bertz CT molecular complexity index is 629. The Hall–Kier alpha value is -1.55. The van der Waals surface area contributed by atoms with E-state index in [9.17, 15) is 4.79 Å². The Balaban J connectivity index is 1.76. The molecule has 2 aromatic rings. The van der Waals surface area contributed by atoms with Crippen molar-refractivity contribution in [2.45, 2.75) is 19.5 Å². The van der Waals surface area contributed by atoms with Crippen LogP contribution in [-0.4, -0.2) is 12.5 Å². The molecule has 0 bridgehead atoms. The predicted molar refractivity (Wildman–Crippen MR) is 90.0 cm³/mol. The zero-order chi connectivity index (χ0) is 15.9. The maximum absolute atomic E-state index is 11.9. The maximum atomic E-state index is 11.9. The molecular formula is C17H19Cl2N2O+. The Morgan fingerprint density at radius 3 is 2.55 bits per heavy atom. The fourth-order valence-electron chi connectivity index (χ4n) is 2.08. The van der Waals surface area contributed by atoms with E-state index in [0.29, 0.717) is 23.1 Å². The van der Waals surface area contributed by atoms with Gasteiger partial charge in [-0.25, -0.2) is 0 Å². The Kier molecular flexibility index (Phi) is 6.25. The van der Waals surface area contributed by atoms with Crippen LogP contribution >= 0.6 is 23.2 Å². The first-order valence-corrected chi connectivity index (χ1v) is 7.90. The van der Waals surface area contributed by atoms with Crippen LogP contribution in [0.1, 0.15) is 24.1 Å². The molecule has 0 fully saturated rings. The van der Waals surface area contributed by atoms with Crippen LogP contribution in [0.3, 0.4) is 0 Å². The van der Waals surface area contributed by atoms with Gasteiger partial charge in [-0.05, 0) is 36.8 Å². The summed E-state index contributed by atoms with van der Waals surface area (Å²) >= 11 is 11.8. The molecule has 0 spiro atoms. The van der Waals surface area contributed by atoms with Crippen LogP contribution in [0, 0.1) is 0 Å². The number of halogens is 2. The summed E-state index contributed by atoms with van der Waals surface area (Å²) in [5.41, 5.74) is 2.14. The first-order valence-electron chi connectivity index (χ1n) is 7.14. The van der Waals surface area contributed by atoms with Crippen molar-refractivity contribution in [2.24, 2.45) is 0 Å². The highest BCUT2D eigenvalue weighted by Crippen LogP contribution is 2.14. The standard InChI is InChI=1S/C17H18Cl2N2O/c1-12(14-3-2-4-16(19)9-14)20-11-17(22)21-10-13-5-7-15(18)8-6-13/h2-9,12,20H,10-11H2,1H3,(H,21,22)/p+1/t12-/m1/s1. The number of benzene rings is 2. The third-order valence-corrected chi connectivity index (χ3v) is 3.92. The van der Waals surface area contributed by atoms with E-state index in [4.69, 9.17) is 23.2 Å². The van der Waals surface area contributed by atoms with E-state index < -0.39 is 0 Å². The summed E-state index contributed by atoms with van der Waals surface area (Å²) < 4.78 is 0. The number of nitrogens with two attached hydrogens (primary N) is 1. The van der Waals surface area contributed by atoms with Gasteiger partial charge in [-0.3, -0.25) is 4.79 Å². The molecule has 0 unspecified atom stereocenters. The second kappa shape index (κ2) is 8.18. The molecule has 2 rings (SSSR count). The van der Waals surface area contributed by atoms with Crippen LogP contribution in [0.15, 0.2) is 48.5 Å². The summed E-state index contributed by atoms with van der Waals surface area (Å²) in [4.78, 5) is 11.9.